The number of sulfonamides is 1. The molecule has 2 aliphatic heterocycles. The summed E-state index contributed by atoms with van der Waals surface area (Å²) < 4.78 is 28.9. The van der Waals surface area contributed by atoms with Crippen LogP contribution < -0.4 is 0 Å². The van der Waals surface area contributed by atoms with Crippen molar-refractivity contribution in [2.75, 3.05) is 19.6 Å². The smallest absolute Gasteiger partial charge is 0.262 e. The number of fused-ring (bicyclic) bond motifs is 1. The summed E-state index contributed by atoms with van der Waals surface area (Å²) in [5.41, 5.74) is 0. The summed E-state index contributed by atoms with van der Waals surface area (Å²) in [6, 6.07) is 0.452. The lowest BCUT2D eigenvalue weighted by molar-refractivity contribution is 0.106. The first-order chi connectivity index (χ1) is 9.52. The Bertz CT molecular complexity index is 583. The maximum Gasteiger partial charge on any atom is 0.262 e. The molecule has 2 saturated heterocycles. The molecule has 112 valence electrons. The zero-order chi connectivity index (χ0) is 14.3. The van der Waals surface area contributed by atoms with Gasteiger partial charge in [-0.25, -0.2) is 13.4 Å². The number of hydrogen-bond acceptors (Lipinski definition) is 4. The normalized spacial score (nSPS) is 28.7. The van der Waals surface area contributed by atoms with Gasteiger partial charge in [0.2, 0.25) is 0 Å². The summed E-state index contributed by atoms with van der Waals surface area (Å²) in [5, 5.41) is 0.171. The molecule has 2 atom stereocenters. The Labute approximate surface area is 120 Å². The fraction of sp³-hybridized carbons (Fsp3) is 0.769. The van der Waals surface area contributed by atoms with E-state index in [-0.39, 0.29) is 11.1 Å². The highest BCUT2D eigenvalue weighted by atomic mass is 32.2. The third-order valence-electron chi connectivity index (χ3n) is 4.47. The molecule has 0 N–H and O–H groups in total. The third kappa shape index (κ3) is 2.27. The highest BCUT2D eigenvalue weighted by Crippen LogP contribution is 2.29. The van der Waals surface area contributed by atoms with Crippen LogP contribution in [0.3, 0.4) is 0 Å². The van der Waals surface area contributed by atoms with Crippen LogP contribution in [0.1, 0.15) is 26.2 Å². The molecule has 3 heterocycles. The van der Waals surface area contributed by atoms with Gasteiger partial charge in [0.25, 0.3) is 10.0 Å². The van der Waals surface area contributed by atoms with Crippen LogP contribution in [0, 0.1) is 0 Å². The summed E-state index contributed by atoms with van der Waals surface area (Å²) in [7, 11) is -1.68. The van der Waals surface area contributed by atoms with Crippen molar-refractivity contribution < 1.29 is 8.42 Å². The highest BCUT2D eigenvalue weighted by molar-refractivity contribution is 7.89. The fourth-order valence-electron chi connectivity index (χ4n) is 3.33. The van der Waals surface area contributed by atoms with Gasteiger partial charge in [-0.05, 0) is 25.8 Å². The van der Waals surface area contributed by atoms with Crippen molar-refractivity contribution in [3.05, 3.63) is 12.5 Å². The topological polar surface area (TPSA) is 58.4 Å². The van der Waals surface area contributed by atoms with Gasteiger partial charge in [-0.15, -0.1) is 0 Å². The van der Waals surface area contributed by atoms with Crippen molar-refractivity contribution in [2.45, 2.75) is 43.3 Å². The van der Waals surface area contributed by atoms with E-state index in [1.165, 1.54) is 6.42 Å². The molecule has 0 saturated carbocycles. The van der Waals surface area contributed by atoms with E-state index in [9.17, 15) is 8.42 Å². The van der Waals surface area contributed by atoms with E-state index >= 15 is 0 Å². The van der Waals surface area contributed by atoms with Crippen LogP contribution in [0.15, 0.2) is 17.6 Å². The summed E-state index contributed by atoms with van der Waals surface area (Å²) in [6.07, 6.45) is 6.25. The summed E-state index contributed by atoms with van der Waals surface area (Å²) in [6.45, 7) is 4.63. The molecule has 7 heteroatoms. The second kappa shape index (κ2) is 5.13. The zero-order valence-corrected chi connectivity index (χ0v) is 12.9. The lowest BCUT2D eigenvalue weighted by Crippen LogP contribution is -2.57. The third-order valence-corrected chi connectivity index (χ3v) is 6.27. The summed E-state index contributed by atoms with van der Waals surface area (Å²) >= 11 is 0. The Balaban J connectivity index is 1.90. The Kier molecular flexibility index (Phi) is 3.60. The van der Waals surface area contributed by atoms with E-state index in [0.717, 1.165) is 25.9 Å². The van der Waals surface area contributed by atoms with E-state index in [2.05, 4.69) is 16.8 Å². The van der Waals surface area contributed by atoms with Crippen LogP contribution in [0.5, 0.6) is 0 Å². The van der Waals surface area contributed by atoms with Crippen LogP contribution in [-0.2, 0) is 17.1 Å². The van der Waals surface area contributed by atoms with Gasteiger partial charge in [-0.2, -0.15) is 4.31 Å². The lowest BCUT2D eigenvalue weighted by atomic mass is 10.1. The van der Waals surface area contributed by atoms with Crippen molar-refractivity contribution >= 4 is 10.0 Å². The number of rotatable bonds is 3. The van der Waals surface area contributed by atoms with Crippen molar-refractivity contribution in [2.24, 2.45) is 7.05 Å². The second-order valence-electron chi connectivity index (χ2n) is 5.81. The first kappa shape index (κ1) is 14.0. The molecule has 1 aromatic heterocycles. The van der Waals surface area contributed by atoms with Gasteiger partial charge < -0.3 is 4.57 Å². The number of nitrogens with zero attached hydrogens (tertiary/aromatic N) is 4. The van der Waals surface area contributed by atoms with Crippen LogP contribution in [-0.4, -0.2) is 58.9 Å². The minimum absolute atomic E-state index is 0.0661. The minimum atomic E-state index is -3.47. The van der Waals surface area contributed by atoms with Crippen molar-refractivity contribution in [3.63, 3.8) is 0 Å². The predicted octanol–water partition coefficient (Wildman–Crippen LogP) is 0.667. The van der Waals surface area contributed by atoms with Crippen LogP contribution in [0.4, 0.5) is 0 Å². The Morgan fingerprint density at radius 2 is 2.20 bits per heavy atom. The summed E-state index contributed by atoms with van der Waals surface area (Å²) in [5.74, 6) is 0. The van der Waals surface area contributed by atoms with E-state index in [0.29, 0.717) is 12.6 Å². The molecule has 0 aromatic carbocycles. The average Bonchev–Trinajstić information content (AvgIpc) is 3.05. The Morgan fingerprint density at radius 1 is 1.40 bits per heavy atom. The van der Waals surface area contributed by atoms with E-state index in [1.807, 2.05) is 0 Å². The van der Waals surface area contributed by atoms with E-state index in [1.54, 1.807) is 28.4 Å². The number of imidazole rings is 1. The number of hydrogen-bond donors (Lipinski definition) is 0. The molecule has 0 spiro atoms. The number of aryl methyl sites for hydroxylation is 1. The van der Waals surface area contributed by atoms with Gasteiger partial charge >= 0.3 is 0 Å². The maximum absolute atomic E-state index is 12.8. The van der Waals surface area contributed by atoms with Gasteiger partial charge in [0.05, 0.1) is 6.33 Å². The molecule has 6 nitrogen and oxygen atoms in total. The number of aromatic nitrogens is 2. The van der Waals surface area contributed by atoms with Gasteiger partial charge in [0.15, 0.2) is 5.03 Å². The monoisotopic (exact) mass is 298 g/mol. The van der Waals surface area contributed by atoms with Gasteiger partial charge in [-0.1, -0.05) is 6.92 Å². The molecule has 0 amide bonds. The van der Waals surface area contributed by atoms with Crippen molar-refractivity contribution in [1.29, 1.82) is 0 Å². The molecule has 0 bridgehead atoms. The first-order valence-electron chi connectivity index (χ1n) is 7.26. The van der Waals surface area contributed by atoms with Crippen molar-refractivity contribution in [3.8, 4) is 0 Å². The zero-order valence-electron chi connectivity index (χ0n) is 12.1. The molecule has 0 unspecified atom stereocenters. The van der Waals surface area contributed by atoms with Gasteiger partial charge in [0.1, 0.15) is 0 Å². The van der Waals surface area contributed by atoms with E-state index < -0.39 is 10.0 Å². The predicted molar refractivity (Wildman–Crippen MR) is 75.8 cm³/mol. The largest absolute Gasteiger partial charge is 0.339 e. The molecule has 2 fully saturated rings. The summed E-state index contributed by atoms with van der Waals surface area (Å²) in [4.78, 5) is 6.48. The molecule has 1 aromatic rings. The SMILES string of the molecule is CC[C@H]1CN2CCC[C@H]2CN1S(=O)(=O)c1cn(C)cn1. The minimum Gasteiger partial charge on any atom is -0.339 e. The van der Waals surface area contributed by atoms with Crippen LogP contribution in [0.2, 0.25) is 0 Å². The van der Waals surface area contributed by atoms with Gasteiger partial charge in [0, 0.05) is 38.4 Å². The molecular weight excluding hydrogens is 276 g/mol. The molecule has 0 radical (unpaired) electrons. The maximum atomic E-state index is 12.8. The van der Waals surface area contributed by atoms with Gasteiger partial charge in [-0.3, -0.25) is 4.90 Å². The first-order valence-corrected chi connectivity index (χ1v) is 8.70. The quantitative estimate of drug-likeness (QED) is 0.823. The molecule has 0 aliphatic carbocycles. The fourth-order valence-corrected chi connectivity index (χ4v) is 5.03. The lowest BCUT2D eigenvalue weighted by Gasteiger charge is -2.42. The molecule has 2 aliphatic rings. The average molecular weight is 298 g/mol. The molecule has 3 rings (SSSR count). The second-order valence-corrected chi connectivity index (χ2v) is 7.64. The Morgan fingerprint density at radius 3 is 2.85 bits per heavy atom. The van der Waals surface area contributed by atoms with Crippen LogP contribution in [0.25, 0.3) is 0 Å². The standard InChI is InChI=1S/C13H22N4O2S/c1-3-11-7-16-6-4-5-12(16)8-17(11)20(18,19)13-9-15(2)10-14-13/h9-12H,3-8H2,1-2H3/t11-,12-/m0/s1. The highest BCUT2D eigenvalue weighted by Gasteiger charge is 2.41. The molecular formula is C13H22N4O2S. The Hall–Kier alpha value is -0.920. The van der Waals surface area contributed by atoms with Crippen molar-refractivity contribution in [1.82, 2.24) is 18.8 Å². The molecule has 20 heavy (non-hydrogen) atoms. The van der Waals surface area contributed by atoms with E-state index in [4.69, 9.17) is 0 Å². The number of piperazine rings is 1. The van der Waals surface area contributed by atoms with Crippen LogP contribution >= 0.6 is 0 Å².